The van der Waals surface area contributed by atoms with Crippen molar-refractivity contribution in [3.05, 3.63) is 6.92 Å². The molecule has 1 heteroatoms. The summed E-state index contributed by atoms with van der Waals surface area (Å²) in [6.45, 7) is 8.16. The first-order valence-electron chi connectivity index (χ1n) is 2.60. The summed E-state index contributed by atoms with van der Waals surface area (Å²) in [6.07, 6.45) is 2.35. The predicted octanol–water partition coefficient (Wildman–Crippen LogP) is 2.26. The molecule has 0 saturated heterocycles. The van der Waals surface area contributed by atoms with Crippen LogP contribution in [0.3, 0.4) is 0 Å². The molecule has 1 unspecified atom stereocenters. The van der Waals surface area contributed by atoms with Crippen LogP contribution in [0.25, 0.3) is 0 Å². The van der Waals surface area contributed by atoms with Crippen LogP contribution < -0.4 is 0 Å². The Hall–Kier alpha value is 1.32. The van der Waals surface area contributed by atoms with Crippen LogP contribution in [0.15, 0.2) is 0 Å². The summed E-state index contributed by atoms with van der Waals surface area (Å²) in [5.41, 5.74) is 0. The van der Waals surface area contributed by atoms with Gasteiger partial charge >= 0.3 is 0 Å². The Kier molecular flexibility index (Phi) is 11.7. The monoisotopic (exact) mass is 243 g/mol. The molecule has 1 atom stereocenters. The van der Waals surface area contributed by atoms with Gasteiger partial charge in [-0.05, 0) is 0 Å². The van der Waals surface area contributed by atoms with Crippen molar-refractivity contribution >= 4 is 0 Å². The molecule has 0 radical (unpaired) electrons. The van der Waals surface area contributed by atoms with Gasteiger partial charge in [-0.1, -0.05) is 26.2 Å². The van der Waals surface area contributed by atoms with E-state index in [4.69, 9.17) is 0 Å². The summed E-state index contributed by atoms with van der Waals surface area (Å²) in [7, 11) is 0. The van der Waals surface area contributed by atoms with Crippen molar-refractivity contribution < 1.29 is 39.9 Å². The fraction of sp³-hybridized carbons (Fsp3) is 0.833. The van der Waals surface area contributed by atoms with Gasteiger partial charge in [0.25, 0.3) is 0 Å². The first kappa shape index (κ1) is 11.2. The molecule has 0 spiro atoms. The predicted molar refractivity (Wildman–Crippen MR) is 29.4 cm³/mol. The summed E-state index contributed by atoms with van der Waals surface area (Å²) in [6, 6.07) is 0. The van der Waals surface area contributed by atoms with Gasteiger partial charge in [-0.3, -0.25) is 0 Å². The van der Waals surface area contributed by atoms with Crippen molar-refractivity contribution in [2.45, 2.75) is 26.7 Å². The molecular formula is C6H13Gd-. The Balaban J connectivity index is 0. The molecule has 0 rings (SSSR count). The maximum Gasteiger partial charge on any atom is 0 e. The van der Waals surface area contributed by atoms with E-state index in [1.54, 1.807) is 0 Å². The van der Waals surface area contributed by atoms with Gasteiger partial charge in [-0.2, -0.15) is 6.42 Å². The van der Waals surface area contributed by atoms with Gasteiger partial charge in [-0.25, -0.2) is 0 Å². The Labute approximate surface area is 78.7 Å². The van der Waals surface area contributed by atoms with E-state index in [0.717, 1.165) is 12.3 Å². The van der Waals surface area contributed by atoms with Crippen molar-refractivity contribution in [1.29, 1.82) is 0 Å². The second-order valence-electron chi connectivity index (χ2n) is 1.80. The average Bonchev–Trinajstić information content (AvgIpc) is 1.65. The Morgan fingerprint density at radius 1 is 1.57 bits per heavy atom. The zero-order valence-corrected chi connectivity index (χ0v) is 7.32. The smallest absolute Gasteiger partial charge is 0 e. The summed E-state index contributed by atoms with van der Waals surface area (Å²) >= 11 is 0. The zero-order valence-electron chi connectivity index (χ0n) is 5.05. The molecule has 46 valence electrons. The minimum Gasteiger partial charge on any atom is -0.343 e. The van der Waals surface area contributed by atoms with E-state index in [-0.39, 0.29) is 39.9 Å². The van der Waals surface area contributed by atoms with E-state index in [1.807, 2.05) is 0 Å². The quantitative estimate of drug-likeness (QED) is 0.652. The van der Waals surface area contributed by atoms with Crippen molar-refractivity contribution in [1.82, 2.24) is 0 Å². The summed E-state index contributed by atoms with van der Waals surface area (Å²) < 4.78 is 0. The first-order valence-corrected chi connectivity index (χ1v) is 2.60. The third-order valence-corrected chi connectivity index (χ3v) is 1.19. The van der Waals surface area contributed by atoms with E-state index in [1.165, 1.54) is 6.42 Å². The van der Waals surface area contributed by atoms with Gasteiger partial charge in [0.05, 0.1) is 0 Å². The van der Waals surface area contributed by atoms with Crippen LogP contribution in [0.2, 0.25) is 0 Å². The SMILES string of the molecule is [CH2-]CC(C)CC.[Gd]. The molecule has 0 aliphatic rings. The molecule has 7 heavy (non-hydrogen) atoms. The molecule has 0 aliphatic heterocycles. The molecule has 0 aromatic carbocycles. The molecular weight excluding hydrogens is 229 g/mol. The van der Waals surface area contributed by atoms with E-state index < -0.39 is 0 Å². The fourth-order valence-electron chi connectivity index (χ4n) is 0.204. The van der Waals surface area contributed by atoms with Crippen LogP contribution in [0, 0.1) is 52.8 Å². The minimum absolute atomic E-state index is 0. The summed E-state index contributed by atoms with van der Waals surface area (Å²) in [5, 5.41) is 0. The maximum atomic E-state index is 3.76. The molecule has 0 bridgehead atoms. The van der Waals surface area contributed by atoms with E-state index in [9.17, 15) is 0 Å². The van der Waals surface area contributed by atoms with Crippen LogP contribution >= 0.6 is 0 Å². The van der Waals surface area contributed by atoms with Crippen LogP contribution in [-0.2, 0) is 0 Å². The largest absolute Gasteiger partial charge is 0.343 e. The second-order valence-corrected chi connectivity index (χ2v) is 1.80. The van der Waals surface area contributed by atoms with E-state index in [2.05, 4.69) is 20.8 Å². The average molecular weight is 242 g/mol. The van der Waals surface area contributed by atoms with Crippen molar-refractivity contribution in [2.75, 3.05) is 0 Å². The molecule has 0 nitrogen and oxygen atoms in total. The maximum absolute atomic E-state index is 3.76. The number of hydrogen-bond donors (Lipinski definition) is 0. The molecule has 0 aliphatic carbocycles. The Morgan fingerprint density at radius 3 is 2.00 bits per heavy atom. The van der Waals surface area contributed by atoms with Crippen LogP contribution in [-0.4, -0.2) is 0 Å². The summed E-state index contributed by atoms with van der Waals surface area (Å²) in [5.74, 6) is 0.824. The number of hydrogen-bond acceptors (Lipinski definition) is 0. The summed E-state index contributed by atoms with van der Waals surface area (Å²) in [4.78, 5) is 0. The standard InChI is InChI=1S/C6H13.Gd/c1-4-6(3)5-2;/h6H,1,4-5H2,2-3H3;/q-1;. The molecule has 0 N–H and O–H groups in total. The first-order chi connectivity index (χ1) is 2.81. The zero-order chi connectivity index (χ0) is 4.99. The molecule has 0 saturated carbocycles. The third kappa shape index (κ3) is 7.32. The Morgan fingerprint density at radius 2 is 2.00 bits per heavy atom. The van der Waals surface area contributed by atoms with Crippen molar-refractivity contribution in [3.8, 4) is 0 Å². The van der Waals surface area contributed by atoms with Gasteiger partial charge in [0, 0.05) is 39.9 Å². The van der Waals surface area contributed by atoms with Gasteiger partial charge in [0.2, 0.25) is 0 Å². The fourth-order valence-corrected chi connectivity index (χ4v) is 0.204. The van der Waals surface area contributed by atoms with Gasteiger partial charge in [0.15, 0.2) is 0 Å². The van der Waals surface area contributed by atoms with Gasteiger partial charge in [0.1, 0.15) is 0 Å². The molecule has 0 heterocycles. The third-order valence-electron chi connectivity index (χ3n) is 1.19. The van der Waals surface area contributed by atoms with Crippen LogP contribution in [0.5, 0.6) is 0 Å². The molecule has 0 fully saturated rings. The van der Waals surface area contributed by atoms with E-state index >= 15 is 0 Å². The van der Waals surface area contributed by atoms with Crippen molar-refractivity contribution in [2.24, 2.45) is 5.92 Å². The second kappa shape index (κ2) is 7.32. The molecule has 0 aromatic rings. The van der Waals surface area contributed by atoms with Gasteiger partial charge < -0.3 is 6.92 Å². The minimum atomic E-state index is 0. The van der Waals surface area contributed by atoms with Crippen LogP contribution in [0.1, 0.15) is 26.7 Å². The van der Waals surface area contributed by atoms with Gasteiger partial charge in [-0.15, -0.1) is 0 Å². The van der Waals surface area contributed by atoms with E-state index in [0.29, 0.717) is 0 Å². The molecule has 0 amide bonds. The van der Waals surface area contributed by atoms with Crippen LogP contribution in [0.4, 0.5) is 0 Å². The Bertz CT molecular complexity index is 23.4. The van der Waals surface area contributed by atoms with Crippen molar-refractivity contribution in [3.63, 3.8) is 0 Å². The topological polar surface area (TPSA) is 0 Å². The normalized spacial score (nSPS) is 12.4. The molecule has 0 aromatic heterocycles. The number of rotatable bonds is 2.